The maximum absolute atomic E-state index is 12.1. The number of hydrogen-bond acceptors (Lipinski definition) is 4. The monoisotopic (exact) mass is 401 g/mol. The van der Waals surface area contributed by atoms with Gasteiger partial charge in [-0.1, -0.05) is 46.0 Å². The molecule has 0 bridgehead atoms. The summed E-state index contributed by atoms with van der Waals surface area (Å²) in [4.78, 5) is 12.1. The van der Waals surface area contributed by atoms with Crippen molar-refractivity contribution in [1.82, 2.24) is 5.32 Å². The third-order valence-corrected chi connectivity index (χ3v) is 3.88. The summed E-state index contributed by atoms with van der Waals surface area (Å²) < 4.78 is 17.6. The molecule has 25 heavy (non-hydrogen) atoms. The first-order valence-electron chi connectivity index (χ1n) is 7.72. The number of halogens is 1. The number of benzene rings is 2. The minimum Gasteiger partial charge on any atom is -0.485 e. The summed E-state index contributed by atoms with van der Waals surface area (Å²) in [6, 6.07) is 14.8. The second-order valence-corrected chi connectivity index (χ2v) is 6.10. The molecule has 5 nitrogen and oxygen atoms in total. The average Bonchev–Trinajstić information content (AvgIpc) is 2.64. The fourth-order valence-corrected chi connectivity index (χ4v) is 2.56. The molecule has 1 aliphatic heterocycles. The Morgan fingerprint density at radius 3 is 2.88 bits per heavy atom. The zero-order valence-electron chi connectivity index (χ0n) is 13.3. The number of hydrogen-bond donors (Lipinski definition) is 1. The number of nitrogens with one attached hydrogen (secondary N) is 1. The van der Waals surface area contributed by atoms with Crippen LogP contribution in [0.3, 0.4) is 0 Å². The normalized spacial score (nSPS) is 14.8. The van der Waals surface area contributed by atoms with Crippen molar-refractivity contribution in [1.29, 1.82) is 0 Å². The molecule has 2 aromatic rings. The summed E-state index contributed by atoms with van der Waals surface area (Å²) >= 11 is 3.37. The molecule has 3 rings (SSSR count). The molecule has 0 saturated carbocycles. The van der Waals surface area contributed by atoms with Crippen molar-refractivity contribution in [2.45, 2.75) is 6.10 Å². The van der Waals surface area contributed by atoms with Crippen LogP contribution in [0.4, 0.5) is 0 Å². The first-order chi connectivity index (χ1) is 12.2. The van der Waals surface area contributed by atoms with Crippen LogP contribution in [-0.4, -0.2) is 31.8 Å². The molecule has 1 N–H and O–H groups in total. The highest BCUT2D eigenvalue weighted by Gasteiger charge is 2.26. The van der Waals surface area contributed by atoms with Crippen LogP contribution in [0.5, 0.6) is 17.2 Å². The molecule has 0 saturated heterocycles. The molecule has 1 atom stereocenters. The minimum absolute atomic E-state index is 0.183. The zero-order chi connectivity index (χ0) is 17.5. The molecule has 6 heteroatoms. The second-order valence-electron chi connectivity index (χ2n) is 5.18. The number of para-hydroxylation sites is 2. The van der Waals surface area contributed by atoms with Gasteiger partial charge in [0.2, 0.25) is 6.10 Å². The highest BCUT2D eigenvalue weighted by molar-refractivity contribution is 9.10. The van der Waals surface area contributed by atoms with Gasteiger partial charge in [-0.3, -0.25) is 4.79 Å². The lowest BCUT2D eigenvalue weighted by Gasteiger charge is -2.25. The maximum atomic E-state index is 12.1. The summed E-state index contributed by atoms with van der Waals surface area (Å²) in [5.41, 5.74) is 0. The van der Waals surface area contributed by atoms with Crippen molar-refractivity contribution in [3.8, 4) is 29.1 Å². The Morgan fingerprint density at radius 1 is 1.20 bits per heavy atom. The Kier molecular flexibility index (Phi) is 5.81. The molecule has 1 aliphatic rings. The van der Waals surface area contributed by atoms with Crippen LogP contribution in [0.15, 0.2) is 53.0 Å². The molecule has 0 fully saturated rings. The van der Waals surface area contributed by atoms with E-state index < -0.39 is 6.10 Å². The number of fused-ring (bicyclic) bond motifs is 1. The van der Waals surface area contributed by atoms with E-state index in [0.717, 1.165) is 10.2 Å². The molecular formula is C19H16BrNO4. The van der Waals surface area contributed by atoms with Gasteiger partial charge in [0.15, 0.2) is 11.5 Å². The Bertz CT molecular complexity index is 812. The first-order valence-corrected chi connectivity index (χ1v) is 8.52. The van der Waals surface area contributed by atoms with Gasteiger partial charge in [-0.25, -0.2) is 0 Å². The summed E-state index contributed by atoms with van der Waals surface area (Å²) in [5, 5.41) is 2.71. The van der Waals surface area contributed by atoms with E-state index in [-0.39, 0.29) is 25.7 Å². The van der Waals surface area contributed by atoms with Crippen LogP contribution >= 0.6 is 15.9 Å². The van der Waals surface area contributed by atoms with Crippen molar-refractivity contribution >= 4 is 21.8 Å². The van der Waals surface area contributed by atoms with E-state index in [1.165, 1.54) is 0 Å². The molecule has 2 aromatic carbocycles. The number of rotatable bonds is 4. The Balaban J connectivity index is 1.40. The lowest BCUT2D eigenvalue weighted by molar-refractivity contribution is -0.130. The zero-order valence-corrected chi connectivity index (χ0v) is 14.9. The largest absolute Gasteiger partial charge is 0.485 e. The van der Waals surface area contributed by atoms with E-state index >= 15 is 0 Å². The van der Waals surface area contributed by atoms with Crippen LogP contribution in [0, 0.1) is 11.8 Å². The average molecular weight is 402 g/mol. The minimum atomic E-state index is -0.672. The lowest BCUT2D eigenvalue weighted by Crippen LogP contribution is -2.44. The Morgan fingerprint density at radius 2 is 2.04 bits per heavy atom. The molecule has 0 aliphatic carbocycles. The quantitative estimate of drug-likeness (QED) is 0.800. The number of ether oxygens (including phenoxy) is 3. The van der Waals surface area contributed by atoms with Gasteiger partial charge in [-0.15, -0.1) is 0 Å². The summed E-state index contributed by atoms with van der Waals surface area (Å²) in [6.07, 6.45) is -0.672. The van der Waals surface area contributed by atoms with Crippen molar-refractivity contribution in [3.63, 3.8) is 0 Å². The second kappa shape index (κ2) is 8.45. The third kappa shape index (κ3) is 4.91. The van der Waals surface area contributed by atoms with Crippen LogP contribution < -0.4 is 19.5 Å². The summed E-state index contributed by atoms with van der Waals surface area (Å²) in [5.74, 6) is 7.40. The molecule has 0 aromatic heterocycles. The Hall–Kier alpha value is -2.65. The van der Waals surface area contributed by atoms with Crippen molar-refractivity contribution < 1.29 is 19.0 Å². The highest BCUT2D eigenvalue weighted by atomic mass is 79.9. The van der Waals surface area contributed by atoms with Crippen LogP contribution in [0.1, 0.15) is 0 Å². The molecule has 0 spiro atoms. The molecule has 0 radical (unpaired) electrons. The predicted molar refractivity (Wildman–Crippen MR) is 96.8 cm³/mol. The van der Waals surface area contributed by atoms with Gasteiger partial charge in [0.25, 0.3) is 5.91 Å². The van der Waals surface area contributed by atoms with Crippen LogP contribution in [0.2, 0.25) is 0 Å². The van der Waals surface area contributed by atoms with E-state index in [2.05, 4.69) is 33.1 Å². The van der Waals surface area contributed by atoms with Gasteiger partial charge in [-0.2, -0.15) is 0 Å². The van der Waals surface area contributed by atoms with Gasteiger partial charge in [0, 0.05) is 4.47 Å². The maximum Gasteiger partial charge on any atom is 0.265 e. The molecule has 128 valence electrons. The fourth-order valence-electron chi connectivity index (χ4n) is 2.18. The topological polar surface area (TPSA) is 56.8 Å². The molecular weight excluding hydrogens is 386 g/mol. The van der Waals surface area contributed by atoms with E-state index in [1.54, 1.807) is 12.1 Å². The van der Waals surface area contributed by atoms with Gasteiger partial charge in [0.05, 0.1) is 6.54 Å². The fraction of sp³-hybridized carbons (Fsp3) is 0.211. The lowest BCUT2D eigenvalue weighted by atomic mass is 10.2. The summed E-state index contributed by atoms with van der Waals surface area (Å²) in [7, 11) is 0. The Labute approximate surface area is 154 Å². The molecule has 1 heterocycles. The first kappa shape index (κ1) is 17.2. The highest BCUT2D eigenvalue weighted by Crippen LogP contribution is 2.30. The van der Waals surface area contributed by atoms with Crippen LogP contribution in [0.25, 0.3) is 0 Å². The molecule has 1 amide bonds. The SMILES string of the molecule is O=C(NCC#CCOc1cccc(Br)c1)C1COc2ccccc2O1. The number of amides is 1. The van der Waals surface area contributed by atoms with Gasteiger partial charge < -0.3 is 19.5 Å². The smallest absolute Gasteiger partial charge is 0.265 e. The van der Waals surface area contributed by atoms with Crippen molar-refractivity contribution in [3.05, 3.63) is 53.0 Å². The number of carbonyl (C=O) groups excluding carboxylic acids is 1. The van der Waals surface area contributed by atoms with Gasteiger partial charge in [0.1, 0.15) is 19.0 Å². The van der Waals surface area contributed by atoms with E-state index in [9.17, 15) is 4.79 Å². The van der Waals surface area contributed by atoms with Crippen LogP contribution in [-0.2, 0) is 4.79 Å². The summed E-state index contributed by atoms with van der Waals surface area (Å²) in [6.45, 7) is 0.660. The standard InChI is InChI=1S/C19H16BrNO4/c20-14-6-5-7-15(12-14)23-11-4-3-10-21-19(22)18-13-24-16-8-1-2-9-17(16)25-18/h1-2,5-9,12,18H,10-11,13H2,(H,21,22). The van der Waals surface area contributed by atoms with E-state index in [0.29, 0.717) is 11.5 Å². The predicted octanol–water partition coefficient (Wildman–Crippen LogP) is 2.79. The van der Waals surface area contributed by atoms with Gasteiger partial charge >= 0.3 is 0 Å². The van der Waals surface area contributed by atoms with Crippen molar-refractivity contribution in [2.75, 3.05) is 19.8 Å². The van der Waals surface area contributed by atoms with E-state index in [4.69, 9.17) is 14.2 Å². The van der Waals surface area contributed by atoms with Crippen molar-refractivity contribution in [2.24, 2.45) is 0 Å². The molecule has 1 unspecified atom stereocenters. The van der Waals surface area contributed by atoms with E-state index in [1.807, 2.05) is 36.4 Å². The third-order valence-electron chi connectivity index (χ3n) is 3.38. The number of carbonyl (C=O) groups is 1. The van der Waals surface area contributed by atoms with Gasteiger partial charge in [-0.05, 0) is 30.3 Å².